The van der Waals surface area contributed by atoms with Gasteiger partial charge in [-0.25, -0.2) is 0 Å². The van der Waals surface area contributed by atoms with Crippen LogP contribution in [-0.2, 0) is 0 Å². The van der Waals surface area contributed by atoms with Gasteiger partial charge in [0.1, 0.15) is 0 Å². The predicted molar refractivity (Wildman–Crippen MR) is 62.3 cm³/mol. The Morgan fingerprint density at radius 1 is 1.29 bits per heavy atom. The van der Waals surface area contributed by atoms with E-state index in [-0.39, 0.29) is 5.54 Å². The fourth-order valence-electron chi connectivity index (χ4n) is 2.61. The minimum Gasteiger partial charge on any atom is -0.326 e. The van der Waals surface area contributed by atoms with E-state index in [0.717, 1.165) is 12.3 Å². The summed E-state index contributed by atoms with van der Waals surface area (Å²) < 4.78 is 0. The van der Waals surface area contributed by atoms with Crippen molar-refractivity contribution in [3.63, 3.8) is 0 Å². The van der Waals surface area contributed by atoms with E-state index < -0.39 is 0 Å². The second-order valence-corrected chi connectivity index (χ2v) is 5.49. The molecule has 1 saturated carbocycles. The third-order valence-corrected chi connectivity index (χ3v) is 3.34. The summed E-state index contributed by atoms with van der Waals surface area (Å²) in [5, 5.41) is 3.45. The molecule has 0 aromatic rings. The van der Waals surface area contributed by atoms with Gasteiger partial charge in [-0.15, -0.1) is 0 Å². The molecule has 14 heavy (non-hydrogen) atoms. The van der Waals surface area contributed by atoms with Crippen LogP contribution >= 0.6 is 0 Å². The van der Waals surface area contributed by atoms with Gasteiger partial charge in [-0.05, 0) is 46.1 Å². The Morgan fingerprint density at radius 2 is 1.86 bits per heavy atom. The Bertz CT molecular complexity index is 154. The Morgan fingerprint density at radius 3 is 2.29 bits per heavy atom. The van der Waals surface area contributed by atoms with Gasteiger partial charge < -0.3 is 11.1 Å². The summed E-state index contributed by atoms with van der Waals surface area (Å²) in [7, 11) is 2.07. The SMILES string of the molecule is CNC(CC(C)(C)N)C1CCCCC1. The zero-order chi connectivity index (χ0) is 10.6. The van der Waals surface area contributed by atoms with Crippen molar-refractivity contribution in [1.82, 2.24) is 5.32 Å². The second kappa shape index (κ2) is 5.13. The van der Waals surface area contributed by atoms with Crippen LogP contribution in [0.3, 0.4) is 0 Å². The largest absolute Gasteiger partial charge is 0.326 e. The van der Waals surface area contributed by atoms with E-state index >= 15 is 0 Å². The smallest absolute Gasteiger partial charge is 0.0112 e. The Hall–Kier alpha value is -0.0800. The highest BCUT2D eigenvalue weighted by Gasteiger charge is 2.26. The third-order valence-electron chi connectivity index (χ3n) is 3.34. The van der Waals surface area contributed by atoms with Gasteiger partial charge >= 0.3 is 0 Å². The molecule has 1 rings (SSSR count). The summed E-state index contributed by atoms with van der Waals surface area (Å²) in [6.45, 7) is 4.25. The van der Waals surface area contributed by atoms with Gasteiger partial charge in [-0.1, -0.05) is 19.3 Å². The normalized spacial score (nSPS) is 22.3. The quantitative estimate of drug-likeness (QED) is 0.727. The predicted octanol–water partition coefficient (Wildman–Crippen LogP) is 2.28. The Labute approximate surface area is 88.6 Å². The first-order chi connectivity index (χ1) is 6.53. The lowest BCUT2D eigenvalue weighted by Crippen LogP contribution is -2.44. The first-order valence-corrected chi connectivity index (χ1v) is 5.99. The highest BCUT2D eigenvalue weighted by molar-refractivity contribution is 4.85. The minimum absolute atomic E-state index is 0.0366. The monoisotopic (exact) mass is 198 g/mol. The summed E-state index contributed by atoms with van der Waals surface area (Å²) in [6.07, 6.45) is 8.12. The topological polar surface area (TPSA) is 38.0 Å². The van der Waals surface area contributed by atoms with Crippen molar-refractivity contribution in [3.8, 4) is 0 Å². The van der Waals surface area contributed by atoms with Crippen LogP contribution in [0.5, 0.6) is 0 Å². The number of nitrogens with two attached hydrogens (primary N) is 1. The minimum atomic E-state index is -0.0366. The third kappa shape index (κ3) is 3.97. The molecule has 1 aliphatic carbocycles. The average molecular weight is 198 g/mol. The van der Waals surface area contributed by atoms with Crippen LogP contribution in [0, 0.1) is 5.92 Å². The van der Waals surface area contributed by atoms with E-state index in [1.165, 1.54) is 32.1 Å². The van der Waals surface area contributed by atoms with Crippen molar-refractivity contribution in [2.45, 2.75) is 64.0 Å². The Kier molecular flexibility index (Phi) is 4.39. The van der Waals surface area contributed by atoms with E-state index in [2.05, 4.69) is 26.2 Å². The maximum Gasteiger partial charge on any atom is 0.0112 e. The molecule has 0 heterocycles. The fourth-order valence-corrected chi connectivity index (χ4v) is 2.61. The number of rotatable bonds is 4. The van der Waals surface area contributed by atoms with Crippen LogP contribution < -0.4 is 11.1 Å². The molecule has 0 amide bonds. The van der Waals surface area contributed by atoms with Gasteiger partial charge in [0.15, 0.2) is 0 Å². The molecule has 2 heteroatoms. The van der Waals surface area contributed by atoms with Crippen molar-refractivity contribution in [2.75, 3.05) is 7.05 Å². The molecule has 1 fully saturated rings. The van der Waals surface area contributed by atoms with Crippen molar-refractivity contribution in [3.05, 3.63) is 0 Å². The van der Waals surface area contributed by atoms with Gasteiger partial charge in [0.05, 0.1) is 0 Å². The molecule has 0 bridgehead atoms. The molecule has 1 atom stereocenters. The van der Waals surface area contributed by atoms with Gasteiger partial charge in [-0.2, -0.15) is 0 Å². The van der Waals surface area contributed by atoms with E-state index in [0.29, 0.717) is 6.04 Å². The summed E-state index contributed by atoms with van der Waals surface area (Å²) in [4.78, 5) is 0. The number of hydrogen-bond acceptors (Lipinski definition) is 2. The summed E-state index contributed by atoms with van der Waals surface area (Å²) in [5.74, 6) is 0.858. The molecule has 2 nitrogen and oxygen atoms in total. The molecular formula is C12H26N2. The van der Waals surface area contributed by atoms with Gasteiger partial charge in [0.25, 0.3) is 0 Å². The standard InChI is InChI=1S/C12H26N2/c1-12(2,13)9-11(14-3)10-7-5-4-6-8-10/h10-11,14H,4-9,13H2,1-3H3. The molecule has 0 saturated heterocycles. The molecular weight excluding hydrogens is 172 g/mol. The van der Waals surface area contributed by atoms with Gasteiger partial charge in [0, 0.05) is 11.6 Å². The van der Waals surface area contributed by atoms with E-state index in [9.17, 15) is 0 Å². The van der Waals surface area contributed by atoms with Crippen LogP contribution in [-0.4, -0.2) is 18.6 Å². The maximum absolute atomic E-state index is 6.08. The van der Waals surface area contributed by atoms with E-state index in [1.54, 1.807) is 0 Å². The highest BCUT2D eigenvalue weighted by atomic mass is 14.9. The number of hydrogen-bond donors (Lipinski definition) is 2. The molecule has 1 unspecified atom stereocenters. The molecule has 0 spiro atoms. The molecule has 0 aromatic heterocycles. The van der Waals surface area contributed by atoms with Crippen LogP contribution in [0.2, 0.25) is 0 Å². The summed E-state index contributed by atoms with van der Waals surface area (Å²) in [6, 6.07) is 0.621. The molecule has 0 aromatic carbocycles. The average Bonchev–Trinajstić information content (AvgIpc) is 2.14. The first-order valence-electron chi connectivity index (χ1n) is 5.99. The van der Waals surface area contributed by atoms with Crippen molar-refractivity contribution >= 4 is 0 Å². The molecule has 3 N–H and O–H groups in total. The molecule has 84 valence electrons. The number of nitrogens with one attached hydrogen (secondary N) is 1. The zero-order valence-electron chi connectivity index (χ0n) is 9.97. The second-order valence-electron chi connectivity index (χ2n) is 5.49. The van der Waals surface area contributed by atoms with Gasteiger partial charge in [-0.3, -0.25) is 0 Å². The summed E-state index contributed by atoms with van der Waals surface area (Å²) >= 11 is 0. The molecule has 0 radical (unpaired) electrons. The molecule has 0 aliphatic heterocycles. The van der Waals surface area contributed by atoms with Crippen LogP contribution in [0.1, 0.15) is 52.4 Å². The van der Waals surface area contributed by atoms with Gasteiger partial charge in [0.2, 0.25) is 0 Å². The fraction of sp³-hybridized carbons (Fsp3) is 1.00. The maximum atomic E-state index is 6.08. The van der Waals surface area contributed by atoms with E-state index in [4.69, 9.17) is 5.73 Å². The van der Waals surface area contributed by atoms with Crippen LogP contribution in [0.25, 0.3) is 0 Å². The van der Waals surface area contributed by atoms with Crippen molar-refractivity contribution < 1.29 is 0 Å². The lowest BCUT2D eigenvalue weighted by Gasteiger charge is -2.34. The summed E-state index contributed by atoms with van der Waals surface area (Å²) in [5.41, 5.74) is 6.04. The highest BCUT2D eigenvalue weighted by Crippen LogP contribution is 2.29. The van der Waals surface area contributed by atoms with Crippen LogP contribution in [0.4, 0.5) is 0 Å². The first kappa shape index (κ1) is 12.0. The Balaban J connectivity index is 2.43. The van der Waals surface area contributed by atoms with Crippen LogP contribution in [0.15, 0.2) is 0 Å². The zero-order valence-corrected chi connectivity index (χ0v) is 9.97. The van der Waals surface area contributed by atoms with Crippen molar-refractivity contribution in [1.29, 1.82) is 0 Å². The van der Waals surface area contributed by atoms with E-state index in [1.807, 2.05) is 0 Å². The lowest BCUT2D eigenvalue weighted by molar-refractivity contribution is 0.239. The lowest BCUT2D eigenvalue weighted by atomic mass is 9.79. The molecule has 1 aliphatic rings. The van der Waals surface area contributed by atoms with Crippen molar-refractivity contribution in [2.24, 2.45) is 11.7 Å².